The summed E-state index contributed by atoms with van der Waals surface area (Å²) in [5.41, 5.74) is 0.673. The first-order chi connectivity index (χ1) is 7.39. The number of nitrogens with one attached hydrogen (secondary N) is 2. The first kappa shape index (κ1) is 10.7. The van der Waals surface area contributed by atoms with Gasteiger partial charge in [0.2, 0.25) is 0 Å². The van der Waals surface area contributed by atoms with Crippen LogP contribution in [0.25, 0.3) is 10.9 Å². The van der Waals surface area contributed by atoms with Gasteiger partial charge in [-0.1, -0.05) is 32.9 Å². The molecule has 0 fully saturated rings. The number of fused-ring (bicyclic) bond motifs is 1. The topological polar surface area (TPSA) is 65.7 Å². The fraction of sp³-hybridized carbons (Fsp3) is 0.333. The molecule has 2 aromatic rings. The van der Waals surface area contributed by atoms with Crippen molar-refractivity contribution in [1.29, 1.82) is 0 Å². The number of hydrogen-bond acceptors (Lipinski definition) is 2. The Bertz CT molecular complexity index is 644. The van der Waals surface area contributed by atoms with Crippen LogP contribution in [0.15, 0.2) is 27.8 Å². The molecular formula is C12H14N2O2. The van der Waals surface area contributed by atoms with Crippen LogP contribution in [0.5, 0.6) is 0 Å². The fourth-order valence-corrected chi connectivity index (χ4v) is 1.82. The number of benzene rings is 1. The van der Waals surface area contributed by atoms with Crippen molar-refractivity contribution in [3.63, 3.8) is 0 Å². The van der Waals surface area contributed by atoms with Gasteiger partial charge < -0.3 is 4.98 Å². The molecule has 1 heterocycles. The maximum absolute atomic E-state index is 11.6. The summed E-state index contributed by atoms with van der Waals surface area (Å²) in [6, 6.07) is 5.47. The smallest absolute Gasteiger partial charge is 0.307 e. The first-order valence-electron chi connectivity index (χ1n) is 5.15. The predicted molar refractivity (Wildman–Crippen MR) is 63.9 cm³/mol. The molecule has 0 saturated heterocycles. The van der Waals surface area contributed by atoms with E-state index in [1.54, 1.807) is 6.07 Å². The molecule has 0 atom stereocenters. The Morgan fingerprint density at radius 1 is 1.06 bits per heavy atom. The molecule has 1 aromatic carbocycles. The van der Waals surface area contributed by atoms with Crippen LogP contribution in [0.4, 0.5) is 0 Å². The van der Waals surface area contributed by atoms with Gasteiger partial charge >= 0.3 is 5.69 Å². The Kier molecular flexibility index (Phi) is 2.22. The molecule has 84 valence electrons. The van der Waals surface area contributed by atoms with E-state index < -0.39 is 5.69 Å². The van der Waals surface area contributed by atoms with E-state index in [2.05, 4.69) is 9.97 Å². The summed E-state index contributed by atoms with van der Waals surface area (Å²) >= 11 is 0. The molecule has 4 nitrogen and oxygen atoms in total. The highest BCUT2D eigenvalue weighted by Crippen LogP contribution is 2.26. The normalized spacial score (nSPS) is 11.9. The lowest BCUT2D eigenvalue weighted by atomic mass is 9.85. The largest absolute Gasteiger partial charge is 0.326 e. The molecule has 16 heavy (non-hydrogen) atoms. The van der Waals surface area contributed by atoms with E-state index in [1.165, 1.54) is 0 Å². The van der Waals surface area contributed by atoms with Gasteiger partial charge in [-0.05, 0) is 17.0 Å². The Labute approximate surface area is 92.3 Å². The minimum Gasteiger partial charge on any atom is -0.307 e. The quantitative estimate of drug-likeness (QED) is 0.704. The summed E-state index contributed by atoms with van der Waals surface area (Å²) in [7, 11) is 0. The summed E-state index contributed by atoms with van der Waals surface area (Å²) in [4.78, 5) is 27.8. The van der Waals surface area contributed by atoms with Crippen LogP contribution in [0.3, 0.4) is 0 Å². The van der Waals surface area contributed by atoms with Gasteiger partial charge in [-0.15, -0.1) is 0 Å². The third-order valence-corrected chi connectivity index (χ3v) is 2.58. The monoisotopic (exact) mass is 218 g/mol. The van der Waals surface area contributed by atoms with Gasteiger partial charge in [-0.2, -0.15) is 0 Å². The SMILES string of the molecule is CC(C)(C)c1cccc2c(=O)[nH]c(=O)[nH]c12. The van der Waals surface area contributed by atoms with Crippen LogP contribution in [-0.2, 0) is 5.41 Å². The second-order valence-electron chi connectivity index (χ2n) is 4.89. The summed E-state index contributed by atoms with van der Waals surface area (Å²) < 4.78 is 0. The molecule has 2 rings (SSSR count). The summed E-state index contributed by atoms with van der Waals surface area (Å²) in [6.07, 6.45) is 0. The van der Waals surface area contributed by atoms with Crippen LogP contribution < -0.4 is 11.2 Å². The van der Waals surface area contributed by atoms with Crippen LogP contribution in [-0.4, -0.2) is 9.97 Å². The van der Waals surface area contributed by atoms with Crippen molar-refractivity contribution in [2.24, 2.45) is 0 Å². The molecule has 0 aliphatic carbocycles. The molecule has 1 aromatic heterocycles. The minimum atomic E-state index is -0.464. The first-order valence-corrected chi connectivity index (χ1v) is 5.15. The maximum Gasteiger partial charge on any atom is 0.326 e. The number of para-hydroxylation sites is 1. The Balaban J connectivity index is 2.99. The van der Waals surface area contributed by atoms with Gasteiger partial charge in [-0.25, -0.2) is 4.79 Å². The highest BCUT2D eigenvalue weighted by atomic mass is 16.2. The van der Waals surface area contributed by atoms with E-state index in [-0.39, 0.29) is 11.0 Å². The number of aromatic amines is 2. The summed E-state index contributed by atoms with van der Waals surface area (Å²) in [5.74, 6) is 0. The van der Waals surface area contributed by atoms with Crippen LogP contribution in [0.1, 0.15) is 26.3 Å². The zero-order chi connectivity index (χ0) is 11.9. The van der Waals surface area contributed by atoms with E-state index >= 15 is 0 Å². The van der Waals surface area contributed by atoms with Gasteiger partial charge in [0.25, 0.3) is 5.56 Å². The molecule has 0 unspecified atom stereocenters. The van der Waals surface area contributed by atoms with Gasteiger partial charge in [-0.3, -0.25) is 9.78 Å². The Hall–Kier alpha value is -1.84. The maximum atomic E-state index is 11.6. The lowest BCUT2D eigenvalue weighted by Gasteiger charge is -2.20. The molecule has 0 aliphatic heterocycles. The van der Waals surface area contributed by atoms with Gasteiger partial charge in [0.05, 0.1) is 10.9 Å². The van der Waals surface area contributed by atoms with Crippen LogP contribution >= 0.6 is 0 Å². The van der Waals surface area contributed by atoms with Crippen molar-refractivity contribution in [2.75, 3.05) is 0 Å². The van der Waals surface area contributed by atoms with Crippen molar-refractivity contribution in [3.8, 4) is 0 Å². The van der Waals surface area contributed by atoms with Gasteiger partial charge in [0.1, 0.15) is 0 Å². The van der Waals surface area contributed by atoms with Crippen molar-refractivity contribution < 1.29 is 0 Å². The third-order valence-electron chi connectivity index (χ3n) is 2.58. The van der Waals surface area contributed by atoms with E-state index in [4.69, 9.17) is 0 Å². The molecule has 2 N–H and O–H groups in total. The van der Waals surface area contributed by atoms with Crippen molar-refractivity contribution >= 4 is 10.9 Å². The number of H-pyrrole nitrogens is 2. The average Bonchev–Trinajstić information content (AvgIpc) is 2.15. The van der Waals surface area contributed by atoms with E-state index in [1.807, 2.05) is 32.9 Å². The molecule has 0 amide bonds. The van der Waals surface area contributed by atoms with E-state index in [0.29, 0.717) is 10.9 Å². The van der Waals surface area contributed by atoms with Gasteiger partial charge in [0, 0.05) is 0 Å². The number of aromatic nitrogens is 2. The average molecular weight is 218 g/mol. The number of hydrogen-bond donors (Lipinski definition) is 2. The zero-order valence-corrected chi connectivity index (χ0v) is 9.55. The van der Waals surface area contributed by atoms with Crippen LogP contribution in [0.2, 0.25) is 0 Å². The third kappa shape index (κ3) is 1.66. The fourth-order valence-electron chi connectivity index (χ4n) is 1.82. The zero-order valence-electron chi connectivity index (χ0n) is 9.55. The second-order valence-corrected chi connectivity index (χ2v) is 4.89. The van der Waals surface area contributed by atoms with Crippen LogP contribution in [0, 0.1) is 0 Å². The van der Waals surface area contributed by atoms with E-state index in [0.717, 1.165) is 5.56 Å². The molecule has 0 saturated carbocycles. The lowest BCUT2D eigenvalue weighted by Crippen LogP contribution is -2.24. The highest BCUT2D eigenvalue weighted by molar-refractivity contribution is 5.81. The van der Waals surface area contributed by atoms with E-state index in [9.17, 15) is 9.59 Å². The summed E-state index contributed by atoms with van der Waals surface area (Å²) in [5, 5.41) is 0.520. The minimum absolute atomic E-state index is 0.115. The van der Waals surface area contributed by atoms with Crippen molar-refractivity contribution in [3.05, 3.63) is 44.6 Å². The van der Waals surface area contributed by atoms with Crippen molar-refractivity contribution in [2.45, 2.75) is 26.2 Å². The summed E-state index contributed by atoms with van der Waals surface area (Å²) in [6.45, 7) is 6.13. The molecule has 4 heteroatoms. The molecule has 0 spiro atoms. The lowest BCUT2D eigenvalue weighted by molar-refractivity contribution is 0.594. The Morgan fingerprint density at radius 3 is 2.38 bits per heavy atom. The molecule has 0 radical (unpaired) electrons. The van der Waals surface area contributed by atoms with Crippen molar-refractivity contribution in [1.82, 2.24) is 9.97 Å². The second kappa shape index (κ2) is 3.33. The van der Waals surface area contributed by atoms with Gasteiger partial charge in [0.15, 0.2) is 0 Å². The number of rotatable bonds is 0. The standard InChI is InChI=1S/C12H14N2O2/c1-12(2,3)8-6-4-5-7-9(8)13-11(16)14-10(7)15/h4-6H,1-3H3,(H2,13,14,15,16). The molecule has 0 aliphatic rings. The Morgan fingerprint density at radius 2 is 1.75 bits per heavy atom. The molecular weight excluding hydrogens is 204 g/mol. The molecule has 0 bridgehead atoms. The highest BCUT2D eigenvalue weighted by Gasteiger charge is 2.17. The predicted octanol–water partition coefficient (Wildman–Crippen LogP) is 1.51.